The average Bonchev–Trinajstić information content (AvgIpc) is 2.67. The van der Waals surface area contributed by atoms with Gasteiger partial charge in [0.25, 0.3) is 0 Å². The lowest BCUT2D eigenvalue weighted by molar-refractivity contribution is -0.144. The Hall–Kier alpha value is -3.15. The summed E-state index contributed by atoms with van der Waals surface area (Å²) < 4.78 is 28.8. The highest BCUT2D eigenvalue weighted by Gasteiger charge is 2.47. The predicted molar refractivity (Wildman–Crippen MR) is 102 cm³/mol. The number of rotatable bonds is 6. The van der Waals surface area contributed by atoms with Crippen LogP contribution in [0.1, 0.15) is 30.4 Å². The summed E-state index contributed by atoms with van der Waals surface area (Å²) in [6, 6.07) is 11.0. The second-order valence-electron chi connectivity index (χ2n) is 6.60. The van der Waals surface area contributed by atoms with Crippen molar-refractivity contribution in [3.8, 4) is 11.5 Å². The first-order chi connectivity index (χ1) is 13.5. The van der Waals surface area contributed by atoms with E-state index in [0.717, 1.165) is 12.0 Å². The monoisotopic (exact) mass is 384 g/mol. The molecule has 146 valence electrons. The molecule has 1 aliphatic rings. The number of hydrogen-bond acceptors (Lipinski definition) is 5. The molecule has 0 bridgehead atoms. The van der Waals surface area contributed by atoms with Gasteiger partial charge in [0, 0.05) is 6.08 Å². The normalized spacial score (nSPS) is 15.0. The van der Waals surface area contributed by atoms with E-state index >= 15 is 0 Å². The zero-order valence-electron chi connectivity index (χ0n) is 15.7. The molecular weight excluding hydrogens is 363 g/mol. The molecule has 6 heteroatoms. The van der Waals surface area contributed by atoms with Gasteiger partial charge in [0.1, 0.15) is 5.82 Å². The summed E-state index contributed by atoms with van der Waals surface area (Å²) in [4.78, 5) is 24.2. The fraction of sp³-hybridized carbons (Fsp3) is 0.273. The topological polar surface area (TPSA) is 61.8 Å². The molecule has 0 atom stereocenters. The Balaban J connectivity index is 1.82. The molecule has 0 spiro atoms. The van der Waals surface area contributed by atoms with Crippen molar-refractivity contribution in [2.24, 2.45) is 0 Å². The quantitative estimate of drug-likeness (QED) is 0.427. The highest BCUT2D eigenvalue weighted by Crippen LogP contribution is 2.45. The van der Waals surface area contributed by atoms with Crippen molar-refractivity contribution in [2.45, 2.75) is 24.7 Å². The molecule has 0 aromatic heterocycles. The first-order valence-electron chi connectivity index (χ1n) is 8.91. The van der Waals surface area contributed by atoms with Crippen LogP contribution in [0.2, 0.25) is 0 Å². The maximum absolute atomic E-state index is 13.2. The molecule has 28 heavy (non-hydrogen) atoms. The fourth-order valence-corrected chi connectivity index (χ4v) is 3.21. The molecule has 1 saturated carbocycles. The van der Waals surface area contributed by atoms with Crippen molar-refractivity contribution in [1.29, 1.82) is 0 Å². The van der Waals surface area contributed by atoms with Crippen molar-refractivity contribution in [2.75, 3.05) is 14.2 Å². The Labute approximate surface area is 162 Å². The van der Waals surface area contributed by atoms with Gasteiger partial charge in [-0.25, -0.2) is 9.18 Å². The van der Waals surface area contributed by atoms with E-state index < -0.39 is 11.4 Å². The third-order valence-corrected chi connectivity index (χ3v) is 5.00. The maximum Gasteiger partial charge on any atom is 0.330 e. The van der Waals surface area contributed by atoms with Crippen LogP contribution in [0, 0.1) is 5.82 Å². The van der Waals surface area contributed by atoms with Gasteiger partial charge in [0.15, 0.2) is 11.5 Å². The van der Waals surface area contributed by atoms with Crippen LogP contribution >= 0.6 is 0 Å². The van der Waals surface area contributed by atoms with E-state index in [9.17, 15) is 14.0 Å². The van der Waals surface area contributed by atoms with Crippen molar-refractivity contribution < 1.29 is 28.2 Å². The maximum atomic E-state index is 13.2. The summed E-state index contributed by atoms with van der Waals surface area (Å²) in [5, 5.41) is 0. The van der Waals surface area contributed by atoms with Gasteiger partial charge in [-0.05, 0) is 54.3 Å². The molecule has 0 amide bonds. The minimum Gasteiger partial charge on any atom is -0.493 e. The van der Waals surface area contributed by atoms with Gasteiger partial charge in [-0.2, -0.15) is 0 Å². The molecule has 0 N–H and O–H groups in total. The van der Waals surface area contributed by atoms with Crippen molar-refractivity contribution in [3.05, 3.63) is 65.5 Å². The van der Waals surface area contributed by atoms with Crippen LogP contribution in [0.25, 0.3) is 6.08 Å². The molecule has 0 unspecified atom stereocenters. The highest BCUT2D eigenvalue weighted by atomic mass is 19.1. The number of esters is 2. The smallest absolute Gasteiger partial charge is 0.330 e. The molecule has 0 aliphatic heterocycles. The zero-order valence-corrected chi connectivity index (χ0v) is 15.7. The fourth-order valence-electron chi connectivity index (χ4n) is 3.21. The van der Waals surface area contributed by atoms with E-state index in [-0.39, 0.29) is 17.5 Å². The number of carbonyl (C=O) groups excluding carboxylic acids is 2. The standard InChI is InChI=1S/C22H21FO5/c1-26-19-14-15(5-11-20(24)27-2)4-10-18(19)28-21(25)22(12-3-13-22)16-6-8-17(23)9-7-16/h4-11,14H,3,12-13H2,1-2H3/b11-5+. The summed E-state index contributed by atoms with van der Waals surface area (Å²) in [5.41, 5.74) is 0.683. The molecule has 2 aromatic rings. The SMILES string of the molecule is COC(=O)/C=C/c1ccc(OC(=O)C2(c3ccc(F)cc3)CCC2)c(OC)c1. The molecule has 2 aromatic carbocycles. The van der Waals surface area contributed by atoms with Crippen LogP contribution < -0.4 is 9.47 Å². The van der Waals surface area contributed by atoms with E-state index in [2.05, 4.69) is 4.74 Å². The number of ether oxygens (including phenoxy) is 3. The molecule has 1 fully saturated rings. The second kappa shape index (κ2) is 8.25. The third kappa shape index (κ3) is 3.91. The average molecular weight is 384 g/mol. The molecule has 0 saturated heterocycles. The minimum absolute atomic E-state index is 0.288. The number of hydrogen-bond donors (Lipinski definition) is 0. The van der Waals surface area contributed by atoms with E-state index in [1.807, 2.05) is 0 Å². The van der Waals surface area contributed by atoms with Crippen LogP contribution in [0.5, 0.6) is 11.5 Å². The summed E-state index contributed by atoms with van der Waals surface area (Å²) in [6.45, 7) is 0. The van der Waals surface area contributed by atoms with Crippen LogP contribution in [-0.2, 0) is 19.7 Å². The first kappa shape index (κ1) is 19.6. The van der Waals surface area contributed by atoms with Crippen LogP contribution in [-0.4, -0.2) is 26.2 Å². The Kier molecular flexibility index (Phi) is 5.78. The molecule has 1 aliphatic carbocycles. The van der Waals surface area contributed by atoms with Gasteiger partial charge in [-0.1, -0.05) is 24.6 Å². The van der Waals surface area contributed by atoms with Gasteiger partial charge >= 0.3 is 11.9 Å². The van der Waals surface area contributed by atoms with Crippen LogP contribution in [0.15, 0.2) is 48.5 Å². The minimum atomic E-state index is -0.762. The molecular formula is C22H21FO5. The largest absolute Gasteiger partial charge is 0.493 e. The summed E-state index contributed by atoms with van der Waals surface area (Å²) in [5.74, 6) is -0.545. The first-order valence-corrected chi connectivity index (χ1v) is 8.91. The number of benzene rings is 2. The van der Waals surface area contributed by atoms with Gasteiger partial charge in [0.2, 0.25) is 0 Å². The van der Waals surface area contributed by atoms with Crippen molar-refractivity contribution in [3.63, 3.8) is 0 Å². The second-order valence-corrected chi connectivity index (χ2v) is 6.60. The third-order valence-electron chi connectivity index (χ3n) is 5.00. The molecule has 0 radical (unpaired) electrons. The number of halogens is 1. The lowest BCUT2D eigenvalue weighted by atomic mass is 9.64. The highest BCUT2D eigenvalue weighted by molar-refractivity contribution is 5.88. The lowest BCUT2D eigenvalue weighted by Gasteiger charge is -2.39. The van der Waals surface area contributed by atoms with Gasteiger partial charge in [-0.15, -0.1) is 0 Å². The van der Waals surface area contributed by atoms with E-state index in [4.69, 9.17) is 9.47 Å². The lowest BCUT2D eigenvalue weighted by Crippen LogP contribution is -2.45. The van der Waals surface area contributed by atoms with Crippen molar-refractivity contribution in [1.82, 2.24) is 0 Å². The van der Waals surface area contributed by atoms with Gasteiger partial charge in [-0.3, -0.25) is 4.79 Å². The van der Waals surface area contributed by atoms with E-state index in [1.165, 1.54) is 32.4 Å². The number of carbonyl (C=O) groups is 2. The van der Waals surface area contributed by atoms with E-state index in [1.54, 1.807) is 36.4 Å². The zero-order chi connectivity index (χ0) is 20.1. The summed E-state index contributed by atoms with van der Waals surface area (Å²) in [6.07, 6.45) is 5.07. The van der Waals surface area contributed by atoms with Crippen molar-refractivity contribution >= 4 is 18.0 Å². The summed E-state index contributed by atoms with van der Waals surface area (Å²) in [7, 11) is 2.77. The van der Waals surface area contributed by atoms with Crippen LogP contribution in [0.4, 0.5) is 4.39 Å². The van der Waals surface area contributed by atoms with E-state index in [0.29, 0.717) is 24.2 Å². The van der Waals surface area contributed by atoms with Gasteiger partial charge < -0.3 is 14.2 Å². The van der Waals surface area contributed by atoms with Crippen LogP contribution in [0.3, 0.4) is 0 Å². The van der Waals surface area contributed by atoms with Gasteiger partial charge in [0.05, 0.1) is 19.6 Å². The Morgan fingerprint density at radius 3 is 2.32 bits per heavy atom. The Morgan fingerprint density at radius 1 is 1.04 bits per heavy atom. The molecule has 3 rings (SSSR count). The molecule has 5 nitrogen and oxygen atoms in total. The summed E-state index contributed by atoms with van der Waals surface area (Å²) >= 11 is 0. The number of methoxy groups -OCH3 is 2. The Morgan fingerprint density at radius 2 is 1.75 bits per heavy atom. The Bertz CT molecular complexity index is 898. The molecule has 0 heterocycles. The predicted octanol–water partition coefficient (Wildman–Crippen LogP) is 4.05.